The molecule has 1 aliphatic carbocycles. The van der Waals surface area contributed by atoms with Crippen LogP contribution in [-0.4, -0.2) is 4.57 Å². The first kappa shape index (κ1) is 11.8. The predicted molar refractivity (Wildman–Crippen MR) is 76.5 cm³/mol. The van der Waals surface area contributed by atoms with Crippen molar-refractivity contribution in [2.24, 2.45) is 11.7 Å². The van der Waals surface area contributed by atoms with Gasteiger partial charge in [0, 0.05) is 23.8 Å². The summed E-state index contributed by atoms with van der Waals surface area (Å²) in [6, 6.07) is 8.81. The quantitative estimate of drug-likeness (QED) is 0.875. The lowest BCUT2D eigenvalue weighted by atomic mass is 9.85. The number of hydrogen-bond acceptors (Lipinski definition) is 1. The maximum Gasteiger partial charge on any atom is 0.0483 e. The lowest BCUT2D eigenvalue weighted by Gasteiger charge is -2.26. The first-order chi connectivity index (χ1) is 8.54. The molecule has 3 rings (SSSR count). The lowest BCUT2D eigenvalue weighted by molar-refractivity contribution is 0.280. The summed E-state index contributed by atoms with van der Waals surface area (Å²) in [6.07, 6.45) is 6.41. The molecule has 0 saturated heterocycles. The van der Waals surface area contributed by atoms with Crippen LogP contribution in [0.1, 0.15) is 38.7 Å². The Hall–Kier alpha value is -1.28. The highest BCUT2D eigenvalue weighted by atomic mass is 15.0. The number of hydrogen-bond donors (Lipinski definition) is 1. The Balaban J connectivity index is 1.99. The van der Waals surface area contributed by atoms with Gasteiger partial charge in [0.1, 0.15) is 0 Å². The molecular weight excluding hydrogens is 220 g/mol. The van der Waals surface area contributed by atoms with E-state index >= 15 is 0 Å². The van der Waals surface area contributed by atoms with Gasteiger partial charge in [-0.15, -0.1) is 0 Å². The van der Waals surface area contributed by atoms with Gasteiger partial charge in [0.25, 0.3) is 0 Å². The molecule has 18 heavy (non-hydrogen) atoms. The minimum Gasteiger partial charge on any atom is -0.347 e. The molecular formula is C16H22N2. The SMILES string of the molecule is CC(C)(N)c1ccc2ccn(CC3CCC3)c2c1. The van der Waals surface area contributed by atoms with E-state index in [1.807, 2.05) is 0 Å². The van der Waals surface area contributed by atoms with Crippen LogP contribution < -0.4 is 5.73 Å². The number of benzene rings is 1. The average Bonchev–Trinajstić information content (AvgIpc) is 2.64. The Morgan fingerprint density at radius 2 is 2.06 bits per heavy atom. The Kier molecular flexibility index (Phi) is 2.70. The fourth-order valence-corrected chi connectivity index (χ4v) is 2.70. The van der Waals surface area contributed by atoms with Crippen molar-refractivity contribution >= 4 is 10.9 Å². The Bertz CT molecular complexity index is 556. The van der Waals surface area contributed by atoms with Crippen molar-refractivity contribution in [2.75, 3.05) is 0 Å². The summed E-state index contributed by atoms with van der Waals surface area (Å²) in [7, 11) is 0. The summed E-state index contributed by atoms with van der Waals surface area (Å²) in [5.74, 6) is 0.884. The molecule has 1 aliphatic rings. The van der Waals surface area contributed by atoms with E-state index in [4.69, 9.17) is 5.73 Å². The lowest BCUT2D eigenvalue weighted by Crippen LogP contribution is -2.28. The molecule has 1 fully saturated rings. The van der Waals surface area contributed by atoms with Crippen LogP contribution in [0.25, 0.3) is 10.9 Å². The molecule has 96 valence electrons. The van der Waals surface area contributed by atoms with Gasteiger partial charge in [-0.25, -0.2) is 0 Å². The number of nitrogens with zero attached hydrogens (tertiary/aromatic N) is 1. The molecule has 1 saturated carbocycles. The van der Waals surface area contributed by atoms with Crippen molar-refractivity contribution in [3.8, 4) is 0 Å². The van der Waals surface area contributed by atoms with Crippen LogP contribution in [0.15, 0.2) is 30.5 Å². The topological polar surface area (TPSA) is 30.9 Å². The van der Waals surface area contributed by atoms with Crippen LogP contribution in [-0.2, 0) is 12.1 Å². The average molecular weight is 242 g/mol. The third-order valence-electron chi connectivity index (χ3n) is 4.20. The van der Waals surface area contributed by atoms with Gasteiger partial charge in [-0.1, -0.05) is 18.6 Å². The van der Waals surface area contributed by atoms with E-state index in [0.29, 0.717) is 0 Å². The van der Waals surface area contributed by atoms with Gasteiger partial charge >= 0.3 is 0 Å². The zero-order valence-electron chi connectivity index (χ0n) is 11.3. The molecule has 1 heterocycles. The Morgan fingerprint density at radius 1 is 1.28 bits per heavy atom. The van der Waals surface area contributed by atoms with Crippen LogP contribution >= 0.6 is 0 Å². The van der Waals surface area contributed by atoms with Crippen molar-refractivity contribution in [2.45, 2.75) is 45.2 Å². The van der Waals surface area contributed by atoms with E-state index < -0.39 is 0 Å². The van der Waals surface area contributed by atoms with Crippen molar-refractivity contribution in [1.29, 1.82) is 0 Å². The zero-order chi connectivity index (χ0) is 12.8. The molecule has 2 nitrogen and oxygen atoms in total. The molecule has 0 aliphatic heterocycles. The van der Waals surface area contributed by atoms with Gasteiger partial charge in [-0.05, 0) is 55.7 Å². The van der Waals surface area contributed by atoms with Crippen molar-refractivity contribution in [3.05, 3.63) is 36.0 Å². The molecule has 2 heteroatoms. The van der Waals surface area contributed by atoms with Gasteiger partial charge in [0.05, 0.1) is 0 Å². The summed E-state index contributed by atoms with van der Waals surface area (Å²) in [5.41, 5.74) is 8.47. The second-order valence-corrected chi connectivity index (χ2v) is 6.26. The van der Waals surface area contributed by atoms with E-state index in [1.54, 1.807) is 0 Å². The van der Waals surface area contributed by atoms with Gasteiger partial charge in [-0.3, -0.25) is 0 Å². The Labute approximate surface area is 109 Å². The maximum atomic E-state index is 6.20. The normalized spacial score (nSPS) is 17.1. The van der Waals surface area contributed by atoms with Crippen LogP contribution in [0.3, 0.4) is 0 Å². The van der Waals surface area contributed by atoms with E-state index in [1.165, 1.54) is 35.7 Å². The summed E-state index contributed by atoms with van der Waals surface area (Å²) in [4.78, 5) is 0. The van der Waals surface area contributed by atoms with Gasteiger partial charge in [0.2, 0.25) is 0 Å². The van der Waals surface area contributed by atoms with Crippen LogP contribution in [0.5, 0.6) is 0 Å². The standard InChI is InChI=1S/C16H22N2/c1-16(2,17)14-7-6-13-8-9-18(15(13)10-14)11-12-4-3-5-12/h6-10,12H,3-5,11,17H2,1-2H3. The van der Waals surface area contributed by atoms with Gasteiger partial charge in [-0.2, -0.15) is 0 Å². The van der Waals surface area contributed by atoms with Gasteiger partial charge < -0.3 is 10.3 Å². The smallest absolute Gasteiger partial charge is 0.0483 e. The fourth-order valence-electron chi connectivity index (χ4n) is 2.70. The second kappa shape index (κ2) is 4.13. The Morgan fingerprint density at radius 3 is 2.67 bits per heavy atom. The molecule has 0 atom stereocenters. The molecule has 2 N–H and O–H groups in total. The van der Waals surface area contributed by atoms with E-state index in [0.717, 1.165) is 12.5 Å². The molecule has 1 aromatic carbocycles. The minimum absolute atomic E-state index is 0.264. The summed E-state index contributed by atoms with van der Waals surface area (Å²) in [6.45, 7) is 5.29. The highest BCUT2D eigenvalue weighted by Crippen LogP contribution is 2.30. The predicted octanol–water partition coefficient (Wildman–Crippen LogP) is 3.64. The van der Waals surface area contributed by atoms with Crippen molar-refractivity contribution in [1.82, 2.24) is 4.57 Å². The highest BCUT2D eigenvalue weighted by molar-refractivity contribution is 5.81. The van der Waals surface area contributed by atoms with Crippen molar-refractivity contribution in [3.63, 3.8) is 0 Å². The van der Waals surface area contributed by atoms with Crippen LogP contribution in [0, 0.1) is 5.92 Å². The van der Waals surface area contributed by atoms with Gasteiger partial charge in [0.15, 0.2) is 0 Å². The third kappa shape index (κ3) is 2.05. The first-order valence-electron chi connectivity index (χ1n) is 6.92. The maximum absolute atomic E-state index is 6.20. The molecule has 0 unspecified atom stereocenters. The summed E-state index contributed by atoms with van der Waals surface area (Å²) >= 11 is 0. The largest absolute Gasteiger partial charge is 0.347 e. The third-order valence-corrected chi connectivity index (χ3v) is 4.20. The number of fused-ring (bicyclic) bond motifs is 1. The second-order valence-electron chi connectivity index (χ2n) is 6.26. The molecule has 1 aromatic heterocycles. The van der Waals surface area contributed by atoms with Crippen molar-refractivity contribution < 1.29 is 0 Å². The minimum atomic E-state index is -0.264. The summed E-state index contributed by atoms with van der Waals surface area (Å²) < 4.78 is 2.40. The number of aromatic nitrogens is 1. The first-order valence-corrected chi connectivity index (χ1v) is 6.92. The number of nitrogens with two attached hydrogens (primary N) is 1. The highest BCUT2D eigenvalue weighted by Gasteiger charge is 2.19. The molecule has 0 spiro atoms. The van der Waals surface area contributed by atoms with E-state index in [9.17, 15) is 0 Å². The monoisotopic (exact) mass is 242 g/mol. The molecule has 0 radical (unpaired) electrons. The molecule has 0 amide bonds. The number of rotatable bonds is 3. The summed E-state index contributed by atoms with van der Waals surface area (Å²) in [5, 5.41) is 1.32. The molecule has 0 bridgehead atoms. The molecule has 2 aromatic rings. The zero-order valence-corrected chi connectivity index (χ0v) is 11.3. The van der Waals surface area contributed by atoms with Crippen LogP contribution in [0.4, 0.5) is 0 Å². The van der Waals surface area contributed by atoms with E-state index in [-0.39, 0.29) is 5.54 Å². The fraction of sp³-hybridized carbons (Fsp3) is 0.500. The van der Waals surface area contributed by atoms with E-state index in [2.05, 4.69) is 48.9 Å². The van der Waals surface area contributed by atoms with Crippen LogP contribution in [0.2, 0.25) is 0 Å².